The second kappa shape index (κ2) is 7.29. The Balaban J connectivity index is 2.97. The van der Waals surface area contributed by atoms with Crippen molar-refractivity contribution in [3.05, 3.63) is 34.9 Å². The molecule has 13 heteroatoms. The molecule has 2 N–H and O–H groups in total. The van der Waals surface area contributed by atoms with E-state index in [0.717, 1.165) is 0 Å². The molecule has 7 nitrogen and oxygen atoms in total. The van der Waals surface area contributed by atoms with Gasteiger partial charge < -0.3 is 5.73 Å². The molecule has 5 amide bonds. The van der Waals surface area contributed by atoms with Gasteiger partial charge in [-0.15, -0.1) is 0 Å². The number of hydrogen-bond donors (Lipinski definition) is 1. The van der Waals surface area contributed by atoms with Gasteiger partial charge in [0.15, 0.2) is 0 Å². The summed E-state index contributed by atoms with van der Waals surface area (Å²) in [6, 6.07) is -1.24. The van der Waals surface area contributed by atoms with E-state index >= 15 is 0 Å². The van der Waals surface area contributed by atoms with Crippen LogP contribution in [0.5, 0.6) is 0 Å². The maximum absolute atomic E-state index is 13.2. The quantitative estimate of drug-likeness (QED) is 0.575. The Morgan fingerprint density at radius 3 is 1.50 bits per heavy atom. The number of likely N-dealkylation sites (N-methyl/N-ethyl adjacent to an activating group) is 2. The predicted octanol–water partition coefficient (Wildman–Crippen LogP) is 2.28. The molecule has 1 saturated heterocycles. The number of primary amides is 1. The summed E-state index contributed by atoms with van der Waals surface area (Å²) in [6.45, 7) is 1.69. The first-order valence-electron chi connectivity index (χ1n) is 8.41. The van der Waals surface area contributed by atoms with E-state index in [1.54, 1.807) is 0 Å². The summed E-state index contributed by atoms with van der Waals surface area (Å²) in [5.74, 6) is -5.05. The van der Waals surface area contributed by atoms with Gasteiger partial charge in [0.1, 0.15) is 0 Å². The molecule has 0 aliphatic carbocycles. The summed E-state index contributed by atoms with van der Waals surface area (Å²) in [6.07, 6.45) is -10.6. The van der Waals surface area contributed by atoms with Gasteiger partial charge in [-0.05, 0) is 37.6 Å². The fourth-order valence-corrected chi connectivity index (χ4v) is 3.14. The van der Waals surface area contributed by atoms with Gasteiger partial charge in [0.2, 0.25) is 11.3 Å². The number of nitrogens with zero attached hydrogens (tertiary/aromatic N) is 2. The van der Waals surface area contributed by atoms with Crippen LogP contribution in [-0.4, -0.2) is 46.6 Å². The van der Waals surface area contributed by atoms with Gasteiger partial charge in [-0.25, -0.2) is 4.79 Å². The molecule has 0 radical (unpaired) electrons. The topological polar surface area (TPSA) is 101 Å². The molecule has 1 heterocycles. The Hall–Kier alpha value is -3.12. The monoisotopic (exact) mass is 439 g/mol. The van der Waals surface area contributed by atoms with Gasteiger partial charge >= 0.3 is 18.4 Å². The summed E-state index contributed by atoms with van der Waals surface area (Å²) < 4.78 is 79.5. The highest BCUT2D eigenvalue weighted by atomic mass is 19.4. The molecule has 1 fully saturated rings. The number of rotatable bonds is 4. The van der Waals surface area contributed by atoms with Crippen LogP contribution in [0.2, 0.25) is 0 Å². The van der Waals surface area contributed by atoms with Gasteiger partial charge in [-0.2, -0.15) is 26.3 Å². The number of imide groups is 2. The number of benzene rings is 1. The lowest BCUT2D eigenvalue weighted by Gasteiger charge is -2.42. The van der Waals surface area contributed by atoms with Gasteiger partial charge in [0.05, 0.1) is 11.1 Å². The van der Waals surface area contributed by atoms with Crippen molar-refractivity contribution in [1.82, 2.24) is 9.80 Å². The standard InChI is InChI=1S/C17H15F6N3O4/c1-3-25-12(28)15(11(24)27,13(29)26(4-2)14(25)30)8-5-9(16(18,19)20)7-10(6-8)17(21,22)23/h5-7H,3-4H2,1-2H3,(H2,24,27). The fraction of sp³-hybridized carbons (Fsp3) is 0.412. The molecule has 1 aromatic carbocycles. The molecule has 0 unspecified atom stereocenters. The zero-order valence-corrected chi connectivity index (χ0v) is 15.5. The van der Waals surface area contributed by atoms with Crippen molar-refractivity contribution < 1.29 is 45.5 Å². The Labute approximate surface area is 165 Å². The van der Waals surface area contributed by atoms with Crippen molar-refractivity contribution in [3.63, 3.8) is 0 Å². The van der Waals surface area contributed by atoms with Crippen molar-refractivity contribution in [2.45, 2.75) is 31.6 Å². The molecule has 2 rings (SSSR count). The van der Waals surface area contributed by atoms with E-state index in [1.165, 1.54) is 13.8 Å². The summed E-state index contributed by atoms with van der Waals surface area (Å²) >= 11 is 0. The number of carbonyl (C=O) groups excluding carboxylic acids is 4. The van der Waals surface area contributed by atoms with E-state index in [2.05, 4.69) is 0 Å². The smallest absolute Gasteiger partial charge is 0.368 e. The van der Waals surface area contributed by atoms with Crippen molar-refractivity contribution >= 4 is 23.8 Å². The van der Waals surface area contributed by atoms with Gasteiger partial charge in [0.25, 0.3) is 11.8 Å². The lowest BCUT2D eigenvalue weighted by atomic mass is 9.74. The number of urea groups is 1. The third kappa shape index (κ3) is 3.37. The minimum Gasteiger partial charge on any atom is -0.368 e. The van der Waals surface area contributed by atoms with E-state index in [1.807, 2.05) is 0 Å². The highest BCUT2D eigenvalue weighted by molar-refractivity contribution is 6.34. The summed E-state index contributed by atoms with van der Waals surface area (Å²) in [4.78, 5) is 51.2. The van der Waals surface area contributed by atoms with E-state index in [9.17, 15) is 45.5 Å². The molecule has 1 aliphatic rings. The van der Waals surface area contributed by atoms with Crippen molar-refractivity contribution in [1.29, 1.82) is 0 Å². The molecule has 0 atom stereocenters. The molecule has 30 heavy (non-hydrogen) atoms. The van der Waals surface area contributed by atoms with Crippen LogP contribution in [0.15, 0.2) is 18.2 Å². The molecular weight excluding hydrogens is 424 g/mol. The lowest BCUT2D eigenvalue weighted by molar-refractivity contribution is -0.157. The minimum atomic E-state index is -5.31. The first-order valence-corrected chi connectivity index (χ1v) is 8.41. The maximum atomic E-state index is 13.2. The summed E-state index contributed by atoms with van der Waals surface area (Å²) in [5, 5.41) is 0. The number of carbonyl (C=O) groups is 4. The number of alkyl halides is 6. The maximum Gasteiger partial charge on any atom is 0.416 e. The van der Waals surface area contributed by atoms with Crippen LogP contribution < -0.4 is 5.73 Å². The van der Waals surface area contributed by atoms with Gasteiger partial charge in [0, 0.05) is 13.1 Å². The summed E-state index contributed by atoms with van der Waals surface area (Å²) in [7, 11) is 0. The Bertz CT molecular complexity index is 867. The van der Waals surface area contributed by atoms with Gasteiger partial charge in [-0.1, -0.05) is 0 Å². The van der Waals surface area contributed by atoms with Crippen LogP contribution >= 0.6 is 0 Å². The number of halogens is 6. The van der Waals surface area contributed by atoms with Crippen LogP contribution in [0.4, 0.5) is 31.1 Å². The number of hydrogen-bond acceptors (Lipinski definition) is 4. The number of barbiturate groups is 1. The molecule has 1 aliphatic heterocycles. The average Bonchev–Trinajstić information content (AvgIpc) is 2.61. The fourth-order valence-electron chi connectivity index (χ4n) is 3.14. The largest absolute Gasteiger partial charge is 0.416 e. The molecule has 164 valence electrons. The molecule has 0 aromatic heterocycles. The van der Waals surface area contributed by atoms with E-state index in [-0.39, 0.29) is 18.2 Å². The van der Waals surface area contributed by atoms with Crippen LogP contribution in [0, 0.1) is 0 Å². The average molecular weight is 439 g/mol. The van der Waals surface area contributed by atoms with Crippen molar-refractivity contribution in [2.24, 2.45) is 5.73 Å². The van der Waals surface area contributed by atoms with Crippen LogP contribution in [0.25, 0.3) is 0 Å². The van der Waals surface area contributed by atoms with E-state index in [4.69, 9.17) is 5.73 Å². The first kappa shape index (κ1) is 23.2. The Morgan fingerprint density at radius 2 is 1.23 bits per heavy atom. The van der Waals surface area contributed by atoms with Crippen LogP contribution in [0.3, 0.4) is 0 Å². The second-order valence-electron chi connectivity index (χ2n) is 6.29. The SMILES string of the molecule is CCN1C(=O)N(CC)C(=O)C(C(N)=O)(c2cc(C(F)(F)F)cc(C(F)(F)F)c2)C1=O. The minimum absolute atomic E-state index is 0.0767. The van der Waals surface area contributed by atoms with E-state index < -0.39 is 71.3 Å². The molecule has 0 bridgehead atoms. The number of amides is 5. The van der Waals surface area contributed by atoms with Crippen molar-refractivity contribution in [2.75, 3.05) is 13.1 Å². The zero-order valence-electron chi connectivity index (χ0n) is 15.5. The molecular formula is C17H15F6N3O4. The highest BCUT2D eigenvalue weighted by Gasteiger charge is 2.62. The Morgan fingerprint density at radius 1 is 0.867 bits per heavy atom. The third-order valence-corrected chi connectivity index (χ3v) is 4.62. The van der Waals surface area contributed by atoms with Crippen molar-refractivity contribution in [3.8, 4) is 0 Å². The van der Waals surface area contributed by atoms with Gasteiger partial charge in [-0.3, -0.25) is 24.2 Å². The van der Waals surface area contributed by atoms with Crippen LogP contribution in [0.1, 0.15) is 30.5 Å². The predicted molar refractivity (Wildman–Crippen MR) is 87.5 cm³/mol. The molecule has 1 aromatic rings. The highest BCUT2D eigenvalue weighted by Crippen LogP contribution is 2.41. The summed E-state index contributed by atoms with van der Waals surface area (Å²) in [5.41, 5.74) is -3.00. The van der Waals surface area contributed by atoms with E-state index in [0.29, 0.717) is 9.80 Å². The zero-order chi connectivity index (χ0) is 23.2. The second-order valence-corrected chi connectivity index (χ2v) is 6.29. The van der Waals surface area contributed by atoms with Crippen LogP contribution in [-0.2, 0) is 32.2 Å². The normalized spacial score (nSPS) is 17.5. The Kier molecular flexibility index (Phi) is 5.63. The third-order valence-electron chi connectivity index (χ3n) is 4.62. The first-order chi connectivity index (χ1) is 13.6. The lowest BCUT2D eigenvalue weighted by Crippen LogP contribution is -2.71. The molecule has 0 spiro atoms. The number of nitrogens with two attached hydrogens (primary N) is 1. The molecule has 0 saturated carbocycles.